The van der Waals surface area contributed by atoms with Crippen molar-refractivity contribution in [3.63, 3.8) is 0 Å². The van der Waals surface area contributed by atoms with Gasteiger partial charge in [-0.1, -0.05) is 12.8 Å². The number of hydrogen-bond acceptors (Lipinski definition) is 6. The van der Waals surface area contributed by atoms with Gasteiger partial charge in [0.05, 0.1) is 11.6 Å². The summed E-state index contributed by atoms with van der Waals surface area (Å²) in [7, 11) is 0. The standard InChI is InChI=1S/C19H22N2O3S/c1-19(2)17(22)16(13-9-11(10-20)7-8-14(13)24-19)23-18-12-5-3-4-6-15(12)25-21-18/h7-9,12,15-17,22H,3-6H2,1-2H3/t12?,15?,16-,17+/m1/s1. The van der Waals surface area contributed by atoms with Crippen LogP contribution in [0.4, 0.5) is 0 Å². The van der Waals surface area contributed by atoms with Crippen LogP contribution in [-0.2, 0) is 4.74 Å². The third kappa shape index (κ3) is 2.90. The monoisotopic (exact) mass is 358 g/mol. The fraction of sp³-hybridized carbons (Fsp3) is 0.579. The zero-order valence-corrected chi connectivity index (χ0v) is 15.3. The maximum atomic E-state index is 10.9. The Labute approximate surface area is 152 Å². The molecule has 1 fully saturated rings. The maximum Gasteiger partial charge on any atom is 0.200 e. The van der Waals surface area contributed by atoms with Crippen molar-refractivity contribution in [2.45, 2.75) is 62.6 Å². The highest BCUT2D eigenvalue weighted by Gasteiger charge is 2.46. The molecular weight excluding hydrogens is 336 g/mol. The van der Waals surface area contributed by atoms with Crippen LogP contribution in [0.1, 0.15) is 56.8 Å². The number of nitriles is 1. The Balaban J connectivity index is 1.67. The second kappa shape index (κ2) is 6.22. The predicted octanol–water partition coefficient (Wildman–Crippen LogP) is 3.77. The second-order valence-corrected chi connectivity index (χ2v) is 8.52. The molecule has 1 aromatic rings. The first-order chi connectivity index (χ1) is 12.0. The van der Waals surface area contributed by atoms with Gasteiger partial charge in [0.2, 0.25) is 0 Å². The Bertz CT molecular complexity index is 756. The largest absolute Gasteiger partial charge is 0.485 e. The van der Waals surface area contributed by atoms with E-state index < -0.39 is 17.8 Å². The summed E-state index contributed by atoms with van der Waals surface area (Å²) in [6.45, 7) is 3.70. The van der Waals surface area contributed by atoms with Crippen molar-refractivity contribution < 1.29 is 14.6 Å². The molecule has 2 aliphatic heterocycles. The van der Waals surface area contributed by atoms with Crippen LogP contribution < -0.4 is 4.74 Å². The molecular formula is C19H22N2O3S. The summed E-state index contributed by atoms with van der Waals surface area (Å²) in [6.07, 6.45) is 3.28. The third-order valence-electron chi connectivity index (χ3n) is 5.36. The fourth-order valence-electron chi connectivity index (χ4n) is 3.87. The fourth-order valence-corrected chi connectivity index (χ4v) is 4.96. The van der Waals surface area contributed by atoms with E-state index in [4.69, 9.17) is 9.47 Å². The molecule has 3 aliphatic rings. The zero-order valence-electron chi connectivity index (χ0n) is 14.4. The third-order valence-corrected chi connectivity index (χ3v) is 6.48. The van der Waals surface area contributed by atoms with Crippen molar-refractivity contribution in [2.75, 3.05) is 0 Å². The van der Waals surface area contributed by atoms with Crippen LogP contribution >= 0.6 is 11.9 Å². The van der Waals surface area contributed by atoms with E-state index in [0.717, 1.165) is 17.9 Å². The van der Waals surface area contributed by atoms with Crippen molar-refractivity contribution in [1.82, 2.24) is 0 Å². The Morgan fingerprint density at radius 1 is 1.36 bits per heavy atom. The van der Waals surface area contributed by atoms with E-state index in [0.29, 0.717) is 22.5 Å². The van der Waals surface area contributed by atoms with Crippen molar-refractivity contribution in [3.05, 3.63) is 29.3 Å². The number of nitrogens with zero attached hydrogens (tertiary/aromatic N) is 2. The average Bonchev–Trinajstić information content (AvgIpc) is 3.01. The summed E-state index contributed by atoms with van der Waals surface area (Å²) in [6, 6.07) is 7.40. The predicted molar refractivity (Wildman–Crippen MR) is 96.5 cm³/mol. The molecule has 0 bridgehead atoms. The van der Waals surface area contributed by atoms with Gasteiger partial charge in [-0.15, -0.1) is 0 Å². The normalized spacial score (nSPS) is 32.6. The lowest BCUT2D eigenvalue weighted by Crippen LogP contribution is -2.50. The lowest BCUT2D eigenvalue weighted by molar-refractivity contribution is -0.108. The van der Waals surface area contributed by atoms with Crippen LogP contribution in [0.2, 0.25) is 0 Å². The van der Waals surface area contributed by atoms with Crippen molar-refractivity contribution in [3.8, 4) is 11.8 Å². The van der Waals surface area contributed by atoms with Gasteiger partial charge in [-0.05, 0) is 56.8 Å². The topological polar surface area (TPSA) is 74.8 Å². The van der Waals surface area contributed by atoms with E-state index in [1.54, 1.807) is 30.1 Å². The van der Waals surface area contributed by atoms with Gasteiger partial charge in [0.15, 0.2) is 12.0 Å². The summed E-state index contributed by atoms with van der Waals surface area (Å²) in [4.78, 5) is 0. The molecule has 1 saturated carbocycles. The molecule has 0 saturated heterocycles. The average molecular weight is 358 g/mol. The SMILES string of the molecule is CC1(C)Oc2ccc(C#N)cc2[C@@H](OC2=NSC3CCCCC23)[C@@H]1O. The molecule has 1 aromatic carbocycles. The molecule has 25 heavy (non-hydrogen) atoms. The Hall–Kier alpha value is -1.71. The summed E-state index contributed by atoms with van der Waals surface area (Å²) >= 11 is 1.61. The van der Waals surface area contributed by atoms with Crippen molar-refractivity contribution in [2.24, 2.45) is 10.3 Å². The maximum absolute atomic E-state index is 10.9. The van der Waals surface area contributed by atoms with Crippen LogP contribution in [-0.4, -0.2) is 28.0 Å². The van der Waals surface area contributed by atoms with E-state index in [9.17, 15) is 10.4 Å². The molecule has 0 radical (unpaired) electrons. The van der Waals surface area contributed by atoms with Crippen molar-refractivity contribution in [1.29, 1.82) is 5.26 Å². The summed E-state index contributed by atoms with van der Waals surface area (Å²) in [5, 5.41) is 20.6. The smallest absolute Gasteiger partial charge is 0.200 e. The first-order valence-electron chi connectivity index (χ1n) is 8.81. The molecule has 1 aliphatic carbocycles. The van der Waals surface area contributed by atoms with E-state index in [-0.39, 0.29) is 0 Å². The first-order valence-corrected chi connectivity index (χ1v) is 9.65. The van der Waals surface area contributed by atoms with Crippen LogP contribution in [0.15, 0.2) is 22.6 Å². The van der Waals surface area contributed by atoms with Crippen LogP contribution in [0.5, 0.6) is 5.75 Å². The Kier molecular flexibility index (Phi) is 4.17. The van der Waals surface area contributed by atoms with Crippen LogP contribution in [0.3, 0.4) is 0 Å². The van der Waals surface area contributed by atoms with Gasteiger partial charge in [0.1, 0.15) is 17.5 Å². The Morgan fingerprint density at radius 2 is 2.16 bits per heavy atom. The molecule has 5 nitrogen and oxygen atoms in total. The van der Waals surface area contributed by atoms with Gasteiger partial charge in [0, 0.05) is 16.7 Å². The molecule has 4 rings (SSSR count). The van der Waals surface area contributed by atoms with E-state index >= 15 is 0 Å². The minimum atomic E-state index is -0.843. The van der Waals surface area contributed by atoms with Crippen LogP contribution in [0.25, 0.3) is 0 Å². The summed E-state index contributed by atoms with van der Waals surface area (Å²) in [5.41, 5.74) is 0.475. The minimum Gasteiger partial charge on any atom is -0.485 e. The van der Waals surface area contributed by atoms with E-state index in [2.05, 4.69) is 10.5 Å². The molecule has 4 atom stereocenters. The molecule has 6 heteroatoms. The summed E-state index contributed by atoms with van der Waals surface area (Å²) in [5.74, 6) is 1.73. The number of aliphatic hydroxyl groups is 1. The van der Waals surface area contributed by atoms with E-state index in [1.807, 2.05) is 13.8 Å². The van der Waals surface area contributed by atoms with Crippen molar-refractivity contribution >= 4 is 17.8 Å². The lowest BCUT2D eigenvalue weighted by Gasteiger charge is -2.42. The van der Waals surface area contributed by atoms with Gasteiger partial charge in [0.25, 0.3) is 0 Å². The lowest BCUT2D eigenvalue weighted by atomic mass is 9.86. The summed E-state index contributed by atoms with van der Waals surface area (Å²) < 4.78 is 16.8. The number of aliphatic hydroxyl groups excluding tert-OH is 1. The number of benzene rings is 1. The highest BCUT2D eigenvalue weighted by molar-refractivity contribution is 7.99. The van der Waals surface area contributed by atoms with Gasteiger partial charge in [-0.2, -0.15) is 9.66 Å². The minimum absolute atomic E-state index is 0.333. The van der Waals surface area contributed by atoms with Gasteiger partial charge in [-0.3, -0.25) is 0 Å². The van der Waals surface area contributed by atoms with Gasteiger partial charge >= 0.3 is 0 Å². The number of rotatable bonds is 1. The molecule has 0 spiro atoms. The Morgan fingerprint density at radius 3 is 2.96 bits per heavy atom. The molecule has 132 valence electrons. The molecule has 2 unspecified atom stereocenters. The number of hydrogen-bond donors (Lipinski definition) is 1. The zero-order chi connectivity index (χ0) is 17.6. The van der Waals surface area contributed by atoms with E-state index in [1.165, 1.54) is 19.3 Å². The second-order valence-electron chi connectivity index (χ2n) is 7.52. The van der Waals surface area contributed by atoms with Gasteiger partial charge in [-0.25, -0.2) is 0 Å². The molecule has 0 amide bonds. The molecule has 1 N–H and O–H groups in total. The van der Waals surface area contributed by atoms with Gasteiger partial charge < -0.3 is 14.6 Å². The first kappa shape index (κ1) is 16.7. The highest BCUT2D eigenvalue weighted by Crippen LogP contribution is 2.46. The number of fused-ring (bicyclic) bond motifs is 2. The number of ether oxygens (including phenoxy) is 2. The van der Waals surface area contributed by atoms with Crippen LogP contribution in [0, 0.1) is 17.2 Å². The molecule has 2 heterocycles. The highest BCUT2D eigenvalue weighted by atomic mass is 32.2. The molecule has 0 aromatic heterocycles. The quantitative estimate of drug-likeness (QED) is 0.774.